The van der Waals surface area contributed by atoms with Crippen LogP contribution in [0.3, 0.4) is 0 Å². The third-order valence-corrected chi connectivity index (χ3v) is 4.37. The van der Waals surface area contributed by atoms with Crippen LogP contribution in [0.4, 0.5) is 11.4 Å². The molecule has 0 radical (unpaired) electrons. The minimum atomic E-state index is -0.223. The summed E-state index contributed by atoms with van der Waals surface area (Å²) in [4.78, 5) is 27.9. The molecule has 0 aromatic carbocycles. The highest BCUT2D eigenvalue weighted by Gasteiger charge is 2.27. The standard InChI is InChI=1S/C13H15BrN6O2/c1-17-7-9(5-15-17)20-4-3-19(8-11(20)21)10-6-16-18(2)13(22)12(10)14/h5-7H,3-4,8H2,1-2H3. The van der Waals surface area contributed by atoms with Gasteiger partial charge in [-0.2, -0.15) is 10.2 Å². The molecule has 22 heavy (non-hydrogen) atoms. The fourth-order valence-electron chi connectivity index (χ4n) is 2.42. The number of piperazine rings is 1. The van der Waals surface area contributed by atoms with Crippen LogP contribution in [-0.2, 0) is 18.9 Å². The molecular formula is C13H15BrN6O2. The molecule has 0 N–H and O–H groups in total. The number of hydrogen-bond acceptors (Lipinski definition) is 5. The Balaban J connectivity index is 1.82. The van der Waals surface area contributed by atoms with Gasteiger partial charge in [0.15, 0.2) is 0 Å². The molecule has 1 aliphatic heterocycles. The van der Waals surface area contributed by atoms with Crippen molar-refractivity contribution in [2.45, 2.75) is 0 Å². The molecule has 9 heteroatoms. The average Bonchev–Trinajstić information content (AvgIpc) is 2.91. The van der Waals surface area contributed by atoms with Crippen molar-refractivity contribution >= 4 is 33.2 Å². The molecule has 8 nitrogen and oxygen atoms in total. The van der Waals surface area contributed by atoms with E-state index in [1.165, 1.54) is 4.68 Å². The van der Waals surface area contributed by atoms with E-state index in [9.17, 15) is 9.59 Å². The zero-order valence-electron chi connectivity index (χ0n) is 12.2. The molecule has 0 atom stereocenters. The van der Waals surface area contributed by atoms with Crippen LogP contribution >= 0.6 is 15.9 Å². The number of amides is 1. The van der Waals surface area contributed by atoms with Crippen molar-refractivity contribution in [1.29, 1.82) is 0 Å². The highest BCUT2D eigenvalue weighted by atomic mass is 79.9. The molecule has 1 saturated heterocycles. The Hall–Kier alpha value is -2.16. The number of nitrogens with zero attached hydrogens (tertiary/aromatic N) is 6. The van der Waals surface area contributed by atoms with E-state index in [1.807, 2.05) is 18.1 Å². The molecule has 0 aliphatic carbocycles. The number of carbonyl (C=O) groups excluding carboxylic acids is 1. The third kappa shape index (κ3) is 2.52. The first kappa shape index (κ1) is 14.8. The van der Waals surface area contributed by atoms with E-state index in [0.717, 1.165) is 5.69 Å². The van der Waals surface area contributed by atoms with Gasteiger partial charge in [0, 0.05) is 33.4 Å². The lowest BCUT2D eigenvalue weighted by atomic mass is 10.2. The predicted octanol–water partition coefficient (Wildman–Crippen LogP) is 0.129. The first-order valence-corrected chi connectivity index (χ1v) is 7.52. The SMILES string of the molecule is Cn1cc(N2CCN(c3cnn(C)c(=O)c3Br)CC2=O)cn1. The first-order chi connectivity index (χ1) is 10.5. The number of anilines is 2. The van der Waals surface area contributed by atoms with E-state index in [2.05, 4.69) is 26.1 Å². The van der Waals surface area contributed by atoms with Gasteiger partial charge in [-0.25, -0.2) is 4.68 Å². The zero-order valence-corrected chi connectivity index (χ0v) is 13.8. The summed E-state index contributed by atoms with van der Waals surface area (Å²) in [6, 6.07) is 0. The third-order valence-electron chi connectivity index (χ3n) is 3.62. The van der Waals surface area contributed by atoms with Gasteiger partial charge < -0.3 is 9.80 Å². The average molecular weight is 367 g/mol. The molecule has 0 saturated carbocycles. The molecule has 0 spiro atoms. The van der Waals surface area contributed by atoms with Gasteiger partial charge in [-0.05, 0) is 15.9 Å². The van der Waals surface area contributed by atoms with Gasteiger partial charge >= 0.3 is 0 Å². The van der Waals surface area contributed by atoms with Crippen LogP contribution in [0, 0.1) is 0 Å². The Bertz CT molecular complexity index is 783. The van der Waals surface area contributed by atoms with Crippen LogP contribution < -0.4 is 15.4 Å². The molecule has 1 fully saturated rings. The quantitative estimate of drug-likeness (QED) is 0.754. The largest absolute Gasteiger partial charge is 0.358 e. The summed E-state index contributed by atoms with van der Waals surface area (Å²) >= 11 is 3.30. The molecule has 0 bridgehead atoms. The highest BCUT2D eigenvalue weighted by Crippen LogP contribution is 2.24. The number of rotatable bonds is 2. The number of aryl methyl sites for hydroxylation is 2. The molecule has 0 unspecified atom stereocenters. The Labute approximate surface area is 135 Å². The van der Waals surface area contributed by atoms with Crippen LogP contribution in [0.25, 0.3) is 0 Å². The van der Waals surface area contributed by atoms with Crippen molar-refractivity contribution in [2.24, 2.45) is 14.1 Å². The van der Waals surface area contributed by atoms with Crippen molar-refractivity contribution in [2.75, 3.05) is 29.4 Å². The number of carbonyl (C=O) groups is 1. The van der Waals surface area contributed by atoms with Crippen LogP contribution in [0.15, 0.2) is 27.9 Å². The smallest absolute Gasteiger partial charge is 0.282 e. The molecule has 1 aliphatic rings. The van der Waals surface area contributed by atoms with E-state index < -0.39 is 0 Å². The molecular weight excluding hydrogens is 352 g/mol. The van der Waals surface area contributed by atoms with E-state index >= 15 is 0 Å². The van der Waals surface area contributed by atoms with Crippen molar-refractivity contribution in [3.63, 3.8) is 0 Å². The summed E-state index contributed by atoms with van der Waals surface area (Å²) in [6.07, 6.45) is 5.07. The van der Waals surface area contributed by atoms with Crippen LogP contribution in [0.1, 0.15) is 0 Å². The summed E-state index contributed by atoms with van der Waals surface area (Å²) in [6.45, 7) is 1.35. The second-order valence-electron chi connectivity index (χ2n) is 5.11. The van der Waals surface area contributed by atoms with Crippen LogP contribution in [-0.4, -0.2) is 45.1 Å². The number of aromatic nitrogens is 4. The van der Waals surface area contributed by atoms with E-state index in [4.69, 9.17) is 0 Å². The van der Waals surface area contributed by atoms with Gasteiger partial charge in [-0.1, -0.05) is 0 Å². The fraction of sp³-hybridized carbons (Fsp3) is 0.385. The second-order valence-corrected chi connectivity index (χ2v) is 5.90. The summed E-state index contributed by atoms with van der Waals surface area (Å²) in [5.41, 5.74) is 1.20. The lowest BCUT2D eigenvalue weighted by Gasteiger charge is -2.35. The normalized spacial score (nSPS) is 15.5. The maximum Gasteiger partial charge on any atom is 0.282 e. The zero-order chi connectivity index (χ0) is 15.9. The maximum absolute atomic E-state index is 12.4. The van der Waals surface area contributed by atoms with Crippen molar-refractivity contribution in [1.82, 2.24) is 19.6 Å². The van der Waals surface area contributed by atoms with Gasteiger partial charge in [-0.3, -0.25) is 14.3 Å². The minimum Gasteiger partial charge on any atom is -0.358 e. The molecule has 3 rings (SSSR count). The van der Waals surface area contributed by atoms with Gasteiger partial charge in [0.05, 0.1) is 30.3 Å². The van der Waals surface area contributed by atoms with Crippen molar-refractivity contribution < 1.29 is 4.79 Å². The van der Waals surface area contributed by atoms with Crippen LogP contribution in [0.5, 0.6) is 0 Å². The van der Waals surface area contributed by atoms with E-state index in [0.29, 0.717) is 23.2 Å². The summed E-state index contributed by atoms with van der Waals surface area (Å²) in [5, 5.41) is 8.10. The fourth-order valence-corrected chi connectivity index (χ4v) is 3.03. The topological polar surface area (TPSA) is 76.3 Å². The Morgan fingerprint density at radius 1 is 1.14 bits per heavy atom. The van der Waals surface area contributed by atoms with E-state index in [-0.39, 0.29) is 18.0 Å². The molecule has 1 amide bonds. The minimum absolute atomic E-state index is 0.0353. The Kier molecular flexibility index (Phi) is 3.73. The lowest BCUT2D eigenvalue weighted by Crippen LogP contribution is -2.51. The van der Waals surface area contributed by atoms with Crippen LogP contribution in [0.2, 0.25) is 0 Å². The monoisotopic (exact) mass is 366 g/mol. The lowest BCUT2D eigenvalue weighted by molar-refractivity contribution is -0.117. The Morgan fingerprint density at radius 3 is 2.55 bits per heavy atom. The molecule has 2 aromatic rings. The first-order valence-electron chi connectivity index (χ1n) is 6.73. The predicted molar refractivity (Wildman–Crippen MR) is 85.0 cm³/mol. The van der Waals surface area contributed by atoms with Gasteiger partial charge in [-0.15, -0.1) is 0 Å². The summed E-state index contributed by atoms with van der Waals surface area (Å²) in [7, 11) is 3.40. The number of hydrogen-bond donors (Lipinski definition) is 0. The van der Waals surface area contributed by atoms with Crippen molar-refractivity contribution in [3.05, 3.63) is 33.4 Å². The van der Waals surface area contributed by atoms with Gasteiger partial charge in [0.2, 0.25) is 5.91 Å². The van der Waals surface area contributed by atoms with Crippen molar-refractivity contribution in [3.8, 4) is 0 Å². The molecule has 116 valence electrons. The Morgan fingerprint density at radius 2 is 1.91 bits per heavy atom. The maximum atomic E-state index is 12.4. The van der Waals surface area contributed by atoms with Gasteiger partial charge in [0.1, 0.15) is 4.47 Å². The second kappa shape index (κ2) is 5.56. The van der Waals surface area contributed by atoms with Gasteiger partial charge in [0.25, 0.3) is 5.56 Å². The summed E-state index contributed by atoms with van der Waals surface area (Å²) < 4.78 is 3.34. The molecule has 3 heterocycles. The molecule has 2 aromatic heterocycles. The highest BCUT2D eigenvalue weighted by molar-refractivity contribution is 9.10. The van der Waals surface area contributed by atoms with E-state index in [1.54, 1.807) is 29.0 Å². The summed E-state index contributed by atoms with van der Waals surface area (Å²) in [5.74, 6) is -0.0353. The number of halogens is 1.